The molecule has 1 aliphatic carbocycles. The molecule has 0 aliphatic heterocycles. The van der Waals surface area contributed by atoms with Crippen LogP contribution in [0.15, 0.2) is 79.4 Å². The second-order valence-corrected chi connectivity index (χ2v) is 7.77. The van der Waals surface area contributed by atoms with Crippen molar-refractivity contribution in [2.45, 2.75) is 38.5 Å². The van der Waals surface area contributed by atoms with E-state index in [4.69, 9.17) is 5.73 Å². The lowest BCUT2D eigenvalue weighted by Crippen LogP contribution is -2.02. The van der Waals surface area contributed by atoms with Crippen LogP contribution in [0, 0.1) is 0 Å². The highest BCUT2D eigenvalue weighted by atomic mass is 15.1. The molecule has 1 aliphatic rings. The number of pyridine rings is 2. The number of anilines is 3. The zero-order chi connectivity index (χ0) is 22.0. The second kappa shape index (κ2) is 11.0. The van der Waals surface area contributed by atoms with Crippen molar-refractivity contribution in [3.8, 4) is 22.4 Å². The Morgan fingerprint density at radius 3 is 1.94 bits per heavy atom. The van der Waals surface area contributed by atoms with E-state index >= 15 is 0 Å². The molecule has 1 fully saturated rings. The molecule has 0 saturated heterocycles. The van der Waals surface area contributed by atoms with Crippen molar-refractivity contribution in [2.75, 3.05) is 11.1 Å². The van der Waals surface area contributed by atoms with Crippen LogP contribution in [0.1, 0.15) is 38.5 Å². The summed E-state index contributed by atoms with van der Waals surface area (Å²) in [5.41, 5.74) is 10.6. The highest BCUT2D eigenvalue weighted by Gasteiger charge is 2.08. The van der Waals surface area contributed by atoms with Gasteiger partial charge in [-0.2, -0.15) is 4.98 Å². The lowest BCUT2D eigenvalue weighted by Gasteiger charge is -2.09. The first-order chi connectivity index (χ1) is 15.8. The molecular weight excluding hydrogens is 396 g/mol. The molecule has 0 amide bonds. The predicted molar refractivity (Wildman–Crippen MR) is 130 cm³/mol. The number of nitrogens with two attached hydrogens (primary N) is 1. The molecule has 4 aromatic rings. The molecule has 0 spiro atoms. The van der Waals surface area contributed by atoms with Gasteiger partial charge in [0.1, 0.15) is 5.82 Å². The number of nitrogen functional groups attached to an aromatic ring is 1. The Labute approximate surface area is 189 Å². The lowest BCUT2D eigenvalue weighted by molar-refractivity contribution is 0.504. The van der Waals surface area contributed by atoms with Crippen LogP contribution in [-0.2, 0) is 0 Å². The van der Waals surface area contributed by atoms with Crippen LogP contribution in [0.4, 0.5) is 17.5 Å². The molecule has 6 nitrogen and oxygen atoms in total. The molecule has 32 heavy (non-hydrogen) atoms. The highest BCUT2D eigenvalue weighted by Crippen LogP contribution is 2.25. The third kappa shape index (κ3) is 5.88. The second-order valence-electron chi connectivity index (χ2n) is 7.77. The number of nitrogens with zero attached hydrogens (tertiary/aromatic N) is 4. The van der Waals surface area contributed by atoms with Gasteiger partial charge in [-0.1, -0.05) is 56.7 Å². The minimum atomic E-state index is 0.384. The molecule has 0 bridgehead atoms. The topological polar surface area (TPSA) is 89.6 Å². The zero-order valence-corrected chi connectivity index (χ0v) is 18.1. The minimum Gasteiger partial charge on any atom is -0.383 e. The summed E-state index contributed by atoms with van der Waals surface area (Å²) in [4.78, 5) is 17.0. The van der Waals surface area contributed by atoms with Gasteiger partial charge in [-0.05, 0) is 47.5 Å². The number of benzene rings is 1. The van der Waals surface area contributed by atoms with Gasteiger partial charge in [-0.15, -0.1) is 0 Å². The molecule has 0 unspecified atom stereocenters. The Balaban J connectivity index is 0.000000354. The standard InChI is InChI=1S/C20H16N6.C6H12/c21-19-17(18-3-1-2-10-23-18)13-24-20(26-19)25-16-6-4-14(5-7-16)15-8-11-22-12-9-15;1-2-4-6-5-3-1/h1-13H,(H3,21,24,25,26);1-6H2. The van der Waals surface area contributed by atoms with Crippen LogP contribution >= 0.6 is 0 Å². The van der Waals surface area contributed by atoms with Gasteiger partial charge >= 0.3 is 0 Å². The maximum Gasteiger partial charge on any atom is 0.229 e. The van der Waals surface area contributed by atoms with Crippen molar-refractivity contribution in [3.63, 3.8) is 0 Å². The van der Waals surface area contributed by atoms with Gasteiger partial charge in [0, 0.05) is 30.5 Å². The van der Waals surface area contributed by atoms with Gasteiger partial charge in [0.25, 0.3) is 0 Å². The van der Waals surface area contributed by atoms with Crippen LogP contribution < -0.4 is 11.1 Å². The van der Waals surface area contributed by atoms with Crippen molar-refractivity contribution >= 4 is 17.5 Å². The predicted octanol–water partition coefficient (Wildman–Crippen LogP) is 6.27. The summed E-state index contributed by atoms with van der Waals surface area (Å²) in [7, 11) is 0. The highest BCUT2D eigenvalue weighted by molar-refractivity contribution is 5.72. The Kier molecular flexibility index (Phi) is 7.37. The third-order valence-electron chi connectivity index (χ3n) is 5.41. The summed E-state index contributed by atoms with van der Waals surface area (Å²) < 4.78 is 0. The SMILES string of the molecule is C1CCCCC1.Nc1nc(Nc2ccc(-c3ccncc3)cc2)ncc1-c1ccccn1. The Morgan fingerprint density at radius 1 is 0.688 bits per heavy atom. The molecule has 0 radical (unpaired) electrons. The van der Waals surface area contributed by atoms with Crippen LogP contribution in [0.3, 0.4) is 0 Å². The van der Waals surface area contributed by atoms with Crippen molar-refractivity contribution in [1.29, 1.82) is 0 Å². The normalized spacial score (nSPS) is 13.0. The number of nitrogens with one attached hydrogen (secondary N) is 1. The third-order valence-corrected chi connectivity index (χ3v) is 5.41. The van der Waals surface area contributed by atoms with Crippen LogP contribution in [-0.4, -0.2) is 19.9 Å². The number of aromatic nitrogens is 4. The monoisotopic (exact) mass is 424 g/mol. The summed E-state index contributed by atoms with van der Waals surface area (Å²) in [6.45, 7) is 0. The van der Waals surface area contributed by atoms with E-state index in [0.29, 0.717) is 17.3 Å². The summed E-state index contributed by atoms with van der Waals surface area (Å²) in [5.74, 6) is 0.827. The van der Waals surface area contributed by atoms with Gasteiger partial charge in [-0.3, -0.25) is 9.97 Å². The number of hydrogen-bond donors (Lipinski definition) is 2. The van der Waals surface area contributed by atoms with Crippen LogP contribution in [0.5, 0.6) is 0 Å². The average Bonchev–Trinajstić information content (AvgIpc) is 2.87. The van der Waals surface area contributed by atoms with Gasteiger partial charge < -0.3 is 11.1 Å². The van der Waals surface area contributed by atoms with E-state index in [9.17, 15) is 0 Å². The quantitative estimate of drug-likeness (QED) is 0.401. The van der Waals surface area contributed by atoms with E-state index in [-0.39, 0.29) is 0 Å². The minimum absolute atomic E-state index is 0.384. The van der Waals surface area contributed by atoms with Gasteiger partial charge in [-0.25, -0.2) is 4.98 Å². The van der Waals surface area contributed by atoms with Gasteiger partial charge in [0.2, 0.25) is 5.95 Å². The number of rotatable bonds is 4. The molecule has 1 saturated carbocycles. The molecule has 3 aromatic heterocycles. The molecule has 3 N–H and O–H groups in total. The fourth-order valence-corrected chi connectivity index (χ4v) is 3.65. The average molecular weight is 425 g/mol. The van der Waals surface area contributed by atoms with Crippen LogP contribution in [0.2, 0.25) is 0 Å². The molecule has 3 heterocycles. The van der Waals surface area contributed by atoms with Crippen molar-refractivity contribution in [1.82, 2.24) is 19.9 Å². The Hall–Kier alpha value is -3.80. The summed E-state index contributed by atoms with van der Waals surface area (Å²) >= 11 is 0. The molecule has 0 atom stereocenters. The maximum atomic E-state index is 6.07. The summed E-state index contributed by atoms with van der Waals surface area (Å²) in [5, 5.41) is 3.17. The van der Waals surface area contributed by atoms with Crippen molar-refractivity contribution < 1.29 is 0 Å². The largest absolute Gasteiger partial charge is 0.383 e. The van der Waals surface area contributed by atoms with Crippen LogP contribution in [0.25, 0.3) is 22.4 Å². The first-order valence-electron chi connectivity index (χ1n) is 11.1. The van der Waals surface area contributed by atoms with E-state index in [2.05, 4.69) is 25.3 Å². The molecular formula is C26H28N6. The van der Waals surface area contributed by atoms with E-state index in [1.54, 1.807) is 24.8 Å². The Bertz CT molecular complexity index is 1080. The van der Waals surface area contributed by atoms with Gasteiger partial charge in [0.15, 0.2) is 0 Å². The molecule has 162 valence electrons. The van der Waals surface area contributed by atoms with E-state index < -0.39 is 0 Å². The molecule has 6 heteroatoms. The van der Waals surface area contributed by atoms with E-state index in [1.165, 1.54) is 38.5 Å². The first kappa shape index (κ1) is 21.4. The summed E-state index contributed by atoms with van der Waals surface area (Å²) in [6.07, 6.45) is 16.0. The smallest absolute Gasteiger partial charge is 0.229 e. The van der Waals surface area contributed by atoms with Crippen molar-refractivity contribution in [2.24, 2.45) is 0 Å². The fraction of sp³-hybridized carbons (Fsp3) is 0.231. The van der Waals surface area contributed by atoms with Crippen molar-refractivity contribution in [3.05, 3.63) is 79.4 Å². The first-order valence-corrected chi connectivity index (χ1v) is 11.1. The maximum absolute atomic E-state index is 6.07. The molecule has 1 aromatic carbocycles. The number of hydrogen-bond acceptors (Lipinski definition) is 6. The Morgan fingerprint density at radius 2 is 1.34 bits per heavy atom. The molecule has 5 rings (SSSR count). The fourth-order valence-electron chi connectivity index (χ4n) is 3.65. The lowest BCUT2D eigenvalue weighted by atomic mass is 10.0. The zero-order valence-electron chi connectivity index (χ0n) is 18.1. The van der Waals surface area contributed by atoms with Gasteiger partial charge in [0.05, 0.1) is 11.3 Å². The van der Waals surface area contributed by atoms with E-state index in [0.717, 1.165) is 22.5 Å². The van der Waals surface area contributed by atoms with E-state index in [1.807, 2.05) is 54.6 Å². The summed E-state index contributed by atoms with van der Waals surface area (Å²) in [6, 6.07) is 17.6.